The van der Waals surface area contributed by atoms with Crippen molar-refractivity contribution in [2.45, 2.75) is 0 Å². The van der Waals surface area contributed by atoms with Crippen LogP contribution in [0.2, 0.25) is 0 Å². The Bertz CT molecular complexity index is 3770. The van der Waals surface area contributed by atoms with E-state index in [1.165, 1.54) is 0 Å². The molecule has 0 saturated carbocycles. The summed E-state index contributed by atoms with van der Waals surface area (Å²) in [6.07, 6.45) is 0. The van der Waals surface area contributed by atoms with Gasteiger partial charge in [-0.2, -0.15) is 0 Å². The molecule has 10 aromatic rings. The summed E-state index contributed by atoms with van der Waals surface area (Å²) >= 11 is 0. The molecule has 0 aliphatic carbocycles. The molecule has 3 heteroatoms. The number of fused-ring (bicyclic) bond motifs is 8. The smallest absolute Gasteiger partial charge is 0.143 e. The van der Waals surface area contributed by atoms with Crippen molar-refractivity contribution in [1.82, 2.24) is 4.57 Å². The van der Waals surface area contributed by atoms with Crippen LogP contribution in [0.4, 0.5) is 17.1 Å². The van der Waals surface area contributed by atoms with Gasteiger partial charge in [0.15, 0.2) is 0 Å². The number of anilines is 3. The van der Waals surface area contributed by atoms with E-state index in [1.807, 2.05) is 59.2 Å². The molecule has 0 radical (unpaired) electrons. The third kappa shape index (κ3) is 4.37. The fourth-order valence-corrected chi connectivity index (χ4v) is 6.37. The number of hydrogen-bond acceptors (Lipinski definition) is 2. The van der Waals surface area contributed by atoms with Crippen LogP contribution in [0.3, 0.4) is 0 Å². The second-order valence-corrected chi connectivity index (χ2v) is 11.2. The van der Waals surface area contributed by atoms with Gasteiger partial charge < -0.3 is 13.9 Å². The molecule has 0 amide bonds. The molecule has 49 heavy (non-hydrogen) atoms. The number of benzene rings is 8. The van der Waals surface area contributed by atoms with Crippen LogP contribution < -0.4 is 4.90 Å². The number of nitrogens with zero attached hydrogens (tertiary/aromatic N) is 2. The van der Waals surface area contributed by atoms with Crippen LogP contribution in [0.15, 0.2) is 186 Å². The molecular formula is C46H30N2O. The van der Waals surface area contributed by atoms with Gasteiger partial charge in [0.1, 0.15) is 11.2 Å². The molecule has 0 bridgehead atoms. The molecule has 8 aromatic carbocycles. The van der Waals surface area contributed by atoms with Crippen LogP contribution in [0.1, 0.15) is 24.7 Å². The summed E-state index contributed by atoms with van der Waals surface area (Å²) in [4.78, 5) is 0.698. The van der Waals surface area contributed by atoms with E-state index in [0.717, 1.165) is 21.8 Å². The van der Waals surface area contributed by atoms with E-state index >= 15 is 0 Å². The second kappa shape index (κ2) is 11.0. The van der Waals surface area contributed by atoms with Gasteiger partial charge in [-0.1, -0.05) is 115 Å². The maximum atomic E-state index is 9.62. The molecule has 3 nitrogen and oxygen atoms in total. The maximum absolute atomic E-state index is 9.62. The Labute approximate surface area is 308 Å². The second-order valence-electron chi connectivity index (χ2n) is 11.2. The van der Waals surface area contributed by atoms with Crippen molar-refractivity contribution in [3.63, 3.8) is 0 Å². The van der Waals surface area contributed by atoms with Crippen molar-refractivity contribution in [2.24, 2.45) is 0 Å². The van der Waals surface area contributed by atoms with E-state index in [2.05, 4.69) is 0 Å². The molecule has 0 spiro atoms. The lowest BCUT2D eigenvalue weighted by molar-refractivity contribution is 0.672. The van der Waals surface area contributed by atoms with Gasteiger partial charge in [0.2, 0.25) is 0 Å². The van der Waals surface area contributed by atoms with E-state index in [9.17, 15) is 8.22 Å². The molecule has 2 aromatic heterocycles. The molecule has 0 atom stereocenters. The third-order valence-electron chi connectivity index (χ3n) is 8.47. The van der Waals surface area contributed by atoms with Gasteiger partial charge in [-0.15, -0.1) is 0 Å². The molecule has 10 rings (SSSR count). The lowest BCUT2D eigenvalue weighted by atomic mass is 10.0. The van der Waals surface area contributed by atoms with Gasteiger partial charge >= 0.3 is 0 Å². The highest BCUT2D eigenvalue weighted by Crippen LogP contribution is 2.44. The van der Waals surface area contributed by atoms with Crippen LogP contribution in [0.5, 0.6) is 0 Å². The minimum atomic E-state index is -0.931. The quantitative estimate of drug-likeness (QED) is 0.186. The van der Waals surface area contributed by atoms with E-state index in [0.29, 0.717) is 10.6 Å². The van der Waals surface area contributed by atoms with Gasteiger partial charge in [-0.05, 0) is 83.1 Å². The first kappa shape index (κ1) is 15.1. The molecule has 0 N–H and O–H groups in total. The summed E-state index contributed by atoms with van der Waals surface area (Å²) in [5, 5.41) is 0.254. The van der Waals surface area contributed by atoms with Gasteiger partial charge in [0.05, 0.1) is 46.8 Å². The average molecular weight is 645 g/mol. The summed E-state index contributed by atoms with van der Waals surface area (Å²) < 4.78 is 170. The van der Waals surface area contributed by atoms with Crippen molar-refractivity contribution >= 4 is 71.6 Å². The van der Waals surface area contributed by atoms with Crippen LogP contribution in [0.25, 0.3) is 71.3 Å². The van der Waals surface area contributed by atoms with Crippen LogP contribution in [0, 0.1) is 0 Å². The Morgan fingerprint density at radius 1 is 0.510 bits per heavy atom. The SMILES string of the molecule is [2H]c1c([2H])c([2H])c(N(c2c([2H])c([2H])c(-c3cccc(-n4c5ccccc5c5ccccc54)c3)c([2H])c2[2H])c2c([2H])c([2H])c([2H])c3oc4c5c([2H])c([2H])c([2H])c([2H])c5c([2H])c([2H])c4c23)c([2H])c1[2H]. The summed E-state index contributed by atoms with van der Waals surface area (Å²) in [5.41, 5.74) is -0.848. The maximum Gasteiger partial charge on any atom is 0.143 e. The molecule has 0 aliphatic heterocycles. The van der Waals surface area contributed by atoms with E-state index in [-0.39, 0.29) is 16.5 Å². The third-order valence-corrected chi connectivity index (χ3v) is 8.47. The number of para-hydroxylation sites is 3. The molecule has 2 heterocycles. The summed E-state index contributed by atoms with van der Waals surface area (Å²) in [6.45, 7) is 0. The van der Waals surface area contributed by atoms with Gasteiger partial charge in [0, 0.05) is 38.6 Å². The standard InChI is InChI=1S/C46H30N2O/c1-2-14-34(15-3-1)47(43-22-11-23-44-45(43)40-29-26-32-12-4-5-17-37(32)46(40)49-44)35-27-24-31(25-28-35)33-13-10-16-36(30-33)48-41-20-8-6-18-38(41)39-19-7-9-21-42(39)48/h1-30H/i1D,2D,3D,4D,5D,11D,12D,14D,15D,17D,22D,23D,24D,25D,26D,27D,28D,29D. The summed E-state index contributed by atoms with van der Waals surface area (Å²) in [7, 11) is 0. The Morgan fingerprint density at radius 2 is 1.22 bits per heavy atom. The zero-order chi connectivity index (χ0) is 48.0. The Balaban J connectivity index is 1.33. The number of aromatic nitrogens is 1. The first-order chi connectivity index (χ1) is 31.8. The first-order valence-electron chi connectivity index (χ1n) is 24.2. The minimum Gasteiger partial charge on any atom is -0.455 e. The number of rotatable bonds is 5. The Hall–Kier alpha value is -6.58. The van der Waals surface area contributed by atoms with Gasteiger partial charge in [-0.3, -0.25) is 0 Å². The molecule has 0 unspecified atom stereocenters. The molecule has 230 valence electrons. The molecular weight excluding hydrogens is 597 g/mol. The van der Waals surface area contributed by atoms with Gasteiger partial charge in [0.25, 0.3) is 0 Å². The van der Waals surface area contributed by atoms with Crippen molar-refractivity contribution in [3.05, 3.63) is 182 Å². The average Bonchev–Trinajstić information content (AvgIpc) is 3.88. The fourth-order valence-electron chi connectivity index (χ4n) is 6.37. The topological polar surface area (TPSA) is 21.3 Å². The highest BCUT2D eigenvalue weighted by Gasteiger charge is 2.20. The first-order valence-corrected chi connectivity index (χ1v) is 15.2. The predicted molar refractivity (Wildman–Crippen MR) is 206 cm³/mol. The number of hydrogen-bond donors (Lipinski definition) is 0. The zero-order valence-electron chi connectivity index (χ0n) is 43.2. The van der Waals surface area contributed by atoms with Crippen LogP contribution in [-0.4, -0.2) is 4.57 Å². The van der Waals surface area contributed by atoms with Crippen molar-refractivity contribution in [3.8, 4) is 16.8 Å². The molecule has 0 saturated heterocycles. The minimum absolute atomic E-state index is 0.178. The monoisotopic (exact) mass is 644 g/mol. The van der Waals surface area contributed by atoms with Crippen molar-refractivity contribution < 1.29 is 29.1 Å². The summed E-state index contributed by atoms with van der Waals surface area (Å²) in [5.74, 6) is 0. The van der Waals surface area contributed by atoms with Crippen molar-refractivity contribution in [1.29, 1.82) is 0 Å². The van der Waals surface area contributed by atoms with Crippen molar-refractivity contribution in [2.75, 3.05) is 4.90 Å². The Kier molecular flexibility index (Phi) is 3.39. The molecule has 0 fully saturated rings. The summed E-state index contributed by atoms with van der Waals surface area (Å²) in [6, 6.07) is 8.14. The zero-order valence-corrected chi connectivity index (χ0v) is 25.2. The fraction of sp³-hybridized carbons (Fsp3) is 0. The highest BCUT2D eigenvalue weighted by atomic mass is 16.3. The Morgan fingerprint density at radius 3 is 2.02 bits per heavy atom. The van der Waals surface area contributed by atoms with Gasteiger partial charge in [-0.25, -0.2) is 0 Å². The number of furan rings is 1. The van der Waals surface area contributed by atoms with Crippen LogP contribution in [-0.2, 0) is 0 Å². The van der Waals surface area contributed by atoms with E-state index in [1.54, 1.807) is 18.2 Å². The van der Waals surface area contributed by atoms with E-state index in [4.69, 9.17) is 20.9 Å². The predicted octanol–water partition coefficient (Wildman–Crippen LogP) is 13.0. The largest absolute Gasteiger partial charge is 0.455 e. The normalized spacial score (nSPS) is 16.8. The highest BCUT2D eigenvalue weighted by molar-refractivity contribution is 6.19. The van der Waals surface area contributed by atoms with Crippen LogP contribution >= 0.6 is 0 Å². The molecule has 0 aliphatic rings. The van der Waals surface area contributed by atoms with E-state index < -0.39 is 153 Å². The lowest BCUT2D eigenvalue weighted by Crippen LogP contribution is -2.10. The lowest BCUT2D eigenvalue weighted by Gasteiger charge is -2.26.